The summed E-state index contributed by atoms with van der Waals surface area (Å²) in [5.41, 5.74) is 0.878. The predicted octanol–water partition coefficient (Wildman–Crippen LogP) is 5.56. The van der Waals surface area contributed by atoms with E-state index in [9.17, 15) is 14.3 Å². The van der Waals surface area contributed by atoms with E-state index < -0.39 is 23.4 Å². The Kier molecular flexibility index (Phi) is 8.23. The summed E-state index contributed by atoms with van der Waals surface area (Å²) in [5, 5.41) is 12.3. The Bertz CT molecular complexity index is 1990. The van der Waals surface area contributed by atoms with Crippen molar-refractivity contribution in [3.05, 3.63) is 51.6 Å². The zero-order valence-corrected chi connectivity index (χ0v) is 28.1. The van der Waals surface area contributed by atoms with Crippen LogP contribution in [0.25, 0.3) is 33.0 Å². The number of aliphatic hydroxyl groups excluding tert-OH is 1. The number of aliphatic hydroxyl groups is 1. The van der Waals surface area contributed by atoms with Crippen molar-refractivity contribution in [1.29, 1.82) is 0 Å². The Morgan fingerprint density at radius 1 is 1.12 bits per heavy atom. The van der Waals surface area contributed by atoms with Crippen LogP contribution in [0.4, 0.5) is 14.6 Å². The van der Waals surface area contributed by atoms with E-state index in [0.29, 0.717) is 78.1 Å². The molecule has 4 aliphatic rings. The van der Waals surface area contributed by atoms with E-state index in [0.717, 1.165) is 31.2 Å². The van der Waals surface area contributed by atoms with Gasteiger partial charge in [0.2, 0.25) is 0 Å². The number of hydrogen-bond donors (Lipinski definition) is 1. The van der Waals surface area contributed by atoms with Gasteiger partial charge in [-0.05, 0) is 86.0 Å². The zero-order valence-electron chi connectivity index (χ0n) is 28.1. The maximum absolute atomic E-state index is 15.3. The first kappa shape index (κ1) is 32.3. The molecule has 0 spiro atoms. The molecule has 4 aromatic rings. The second-order valence-corrected chi connectivity index (χ2v) is 14.3. The maximum Gasteiger partial charge on any atom is 0.349 e. The summed E-state index contributed by atoms with van der Waals surface area (Å²) >= 11 is 0. The molecule has 1 saturated carbocycles. The Hall–Kier alpha value is -3.87. The van der Waals surface area contributed by atoms with Crippen LogP contribution in [0.15, 0.2) is 33.5 Å². The molecule has 1 N–H and O–H groups in total. The van der Waals surface area contributed by atoms with Gasteiger partial charge in [-0.3, -0.25) is 4.90 Å². The Morgan fingerprint density at radius 2 is 1.98 bits per heavy atom. The predicted molar refractivity (Wildman–Crippen MR) is 181 cm³/mol. The lowest BCUT2D eigenvalue weighted by atomic mass is 9.93. The Labute approximate surface area is 283 Å². The fourth-order valence-corrected chi connectivity index (χ4v) is 9.04. The zero-order chi connectivity index (χ0) is 34.0. The third-order valence-electron chi connectivity index (χ3n) is 11.3. The van der Waals surface area contributed by atoms with E-state index in [2.05, 4.69) is 9.80 Å². The summed E-state index contributed by atoms with van der Waals surface area (Å²) < 4.78 is 53.4. The summed E-state index contributed by atoms with van der Waals surface area (Å²) in [5.74, 6) is 1.10. The average Bonchev–Trinajstić information content (AvgIpc) is 3.71. The van der Waals surface area contributed by atoms with E-state index >= 15 is 4.39 Å². The molecule has 12 heteroatoms. The molecule has 1 aliphatic carbocycles. The average molecular weight is 677 g/mol. The standard InChI is InChI=1S/C37H42F2N4O6/c1-4-26-28(39)7-6-22-12-25(48-19-46-3)13-27(30(22)26)33-20(2)32-31(35(45)49-33)34(42-15-21-10-23(16-42)29(44)11-21)41-36(40-32)47-18-37-8-5-9-43(37)17-24(38)14-37/h6-7,12-13,21,23-24,29,44H,4-5,8-11,14-19H2,1-3H3/t21-,23-,24+,29+,37-/m0/s1. The van der Waals surface area contributed by atoms with E-state index in [1.165, 1.54) is 13.2 Å². The van der Waals surface area contributed by atoms with Gasteiger partial charge in [0.25, 0.3) is 0 Å². The van der Waals surface area contributed by atoms with Crippen LogP contribution < -0.4 is 20.0 Å². The molecule has 0 unspecified atom stereocenters. The van der Waals surface area contributed by atoms with Crippen LogP contribution in [0, 0.1) is 24.6 Å². The Balaban J connectivity index is 1.30. The van der Waals surface area contributed by atoms with Crippen molar-refractivity contribution in [2.45, 2.75) is 70.2 Å². The fraction of sp³-hybridized carbons (Fsp3) is 0.541. The van der Waals surface area contributed by atoms with Gasteiger partial charge in [-0.25, -0.2) is 13.6 Å². The summed E-state index contributed by atoms with van der Waals surface area (Å²) in [6.45, 7) is 6.34. The lowest BCUT2D eigenvalue weighted by Crippen LogP contribution is -2.43. The normalized spacial score (nSPS) is 26.6. The SMILES string of the molecule is CCc1c(F)ccc2cc(OCOC)cc(-c3oc(=O)c4c(N5C[C@H]6C[C@@H](C5)[C@H](O)C6)nc(OC[C@@]56CCCN5C[C@H](F)C6)nc4c3C)c12. The van der Waals surface area contributed by atoms with Gasteiger partial charge >= 0.3 is 11.6 Å². The summed E-state index contributed by atoms with van der Waals surface area (Å²) in [6, 6.07) is 6.77. The first-order valence-corrected chi connectivity index (χ1v) is 17.4. The number of alkyl halides is 1. The molecule has 49 heavy (non-hydrogen) atoms. The topological polar surface area (TPSA) is 110 Å². The first-order chi connectivity index (χ1) is 23.7. The van der Waals surface area contributed by atoms with Crippen molar-refractivity contribution in [3.8, 4) is 23.1 Å². The molecule has 260 valence electrons. The van der Waals surface area contributed by atoms with Gasteiger partial charge in [0.05, 0.1) is 17.2 Å². The van der Waals surface area contributed by atoms with Crippen molar-refractivity contribution in [3.63, 3.8) is 0 Å². The molecule has 5 atom stereocenters. The molecule has 8 rings (SSSR count). The molecule has 5 heterocycles. The molecule has 2 bridgehead atoms. The Morgan fingerprint density at radius 3 is 2.78 bits per heavy atom. The molecular weight excluding hydrogens is 634 g/mol. The number of aromatic nitrogens is 2. The van der Waals surface area contributed by atoms with Gasteiger partial charge < -0.3 is 28.6 Å². The summed E-state index contributed by atoms with van der Waals surface area (Å²) in [6.07, 6.45) is 2.95. The number of piperidine rings is 1. The fourth-order valence-electron chi connectivity index (χ4n) is 9.04. The number of anilines is 1. The third kappa shape index (κ3) is 5.52. The van der Waals surface area contributed by atoms with E-state index in [1.54, 1.807) is 12.1 Å². The smallest absolute Gasteiger partial charge is 0.349 e. The van der Waals surface area contributed by atoms with Crippen molar-refractivity contribution < 1.29 is 32.5 Å². The number of aryl methyl sites for hydroxylation is 2. The third-order valence-corrected chi connectivity index (χ3v) is 11.3. The number of fused-ring (bicyclic) bond motifs is 5. The van der Waals surface area contributed by atoms with Crippen LogP contribution in [-0.4, -0.2) is 84.5 Å². The largest absolute Gasteiger partial charge is 0.468 e. The monoisotopic (exact) mass is 676 g/mol. The lowest BCUT2D eigenvalue weighted by Gasteiger charge is -2.34. The highest BCUT2D eigenvalue weighted by Gasteiger charge is 2.49. The van der Waals surface area contributed by atoms with Crippen molar-refractivity contribution in [2.24, 2.45) is 11.8 Å². The maximum atomic E-state index is 15.3. The van der Waals surface area contributed by atoms with E-state index in [4.69, 9.17) is 28.6 Å². The van der Waals surface area contributed by atoms with Crippen LogP contribution >= 0.6 is 0 Å². The molecule has 3 aliphatic heterocycles. The van der Waals surface area contributed by atoms with Gasteiger partial charge in [0.15, 0.2) is 12.6 Å². The van der Waals surface area contributed by atoms with Crippen LogP contribution in [-0.2, 0) is 11.2 Å². The van der Waals surface area contributed by atoms with Crippen LogP contribution in [0.5, 0.6) is 11.8 Å². The minimum absolute atomic E-state index is 0.000691. The number of benzene rings is 2. The van der Waals surface area contributed by atoms with Crippen molar-refractivity contribution in [2.75, 3.05) is 51.6 Å². The summed E-state index contributed by atoms with van der Waals surface area (Å²) in [7, 11) is 1.52. The first-order valence-electron chi connectivity index (χ1n) is 17.4. The van der Waals surface area contributed by atoms with Crippen LogP contribution in [0.1, 0.15) is 50.2 Å². The molecule has 3 saturated heterocycles. The van der Waals surface area contributed by atoms with Gasteiger partial charge in [-0.2, -0.15) is 9.97 Å². The molecule has 0 amide bonds. The van der Waals surface area contributed by atoms with E-state index in [1.807, 2.05) is 19.9 Å². The van der Waals surface area contributed by atoms with Gasteiger partial charge in [-0.15, -0.1) is 0 Å². The van der Waals surface area contributed by atoms with Crippen molar-refractivity contribution in [1.82, 2.24) is 14.9 Å². The number of halogens is 2. The van der Waals surface area contributed by atoms with E-state index in [-0.39, 0.29) is 48.2 Å². The summed E-state index contributed by atoms with van der Waals surface area (Å²) in [4.78, 5) is 28.1. The molecule has 0 radical (unpaired) electrons. The number of methoxy groups -OCH3 is 1. The molecule has 4 fully saturated rings. The second kappa shape index (κ2) is 12.5. The minimum atomic E-state index is -0.905. The minimum Gasteiger partial charge on any atom is -0.468 e. The number of nitrogens with zero attached hydrogens (tertiary/aromatic N) is 4. The van der Waals surface area contributed by atoms with Gasteiger partial charge in [0, 0.05) is 50.2 Å². The highest BCUT2D eigenvalue weighted by Crippen LogP contribution is 2.44. The van der Waals surface area contributed by atoms with Crippen LogP contribution in [0.2, 0.25) is 0 Å². The molecule has 10 nitrogen and oxygen atoms in total. The number of rotatable bonds is 9. The molecule has 2 aromatic carbocycles. The number of ether oxygens (including phenoxy) is 3. The second-order valence-electron chi connectivity index (χ2n) is 14.3. The van der Waals surface area contributed by atoms with Crippen LogP contribution in [0.3, 0.4) is 0 Å². The quantitative estimate of drug-likeness (QED) is 0.227. The molecular formula is C37H42F2N4O6. The highest BCUT2D eigenvalue weighted by molar-refractivity contribution is 6.02. The number of hydrogen-bond acceptors (Lipinski definition) is 10. The molecule has 2 aromatic heterocycles. The van der Waals surface area contributed by atoms with Crippen molar-refractivity contribution >= 4 is 27.5 Å². The highest BCUT2D eigenvalue weighted by atomic mass is 19.1. The lowest BCUT2D eigenvalue weighted by molar-refractivity contribution is 0.0512. The van der Waals surface area contributed by atoms with Gasteiger partial charge in [0.1, 0.15) is 35.5 Å². The van der Waals surface area contributed by atoms with Gasteiger partial charge in [-0.1, -0.05) is 13.0 Å².